The van der Waals surface area contributed by atoms with Gasteiger partial charge in [-0.25, -0.2) is 0 Å². The minimum absolute atomic E-state index is 0.339. The Morgan fingerprint density at radius 2 is 1.09 bits per heavy atom. The summed E-state index contributed by atoms with van der Waals surface area (Å²) in [6, 6.07) is 50.0. The number of benzene rings is 6. The maximum Gasteiger partial charge on any atom is 0.0725 e. The van der Waals surface area contributed by atoms with Crippen LogP contribution in [0.2, 0.25) is 0 Å². The van der Waals surface area contributed by atoms with Gasteiger partial charge in [-0.1, -0.05) is 121 Å². The van der Waals surface area contributed by atoms with Gasteiger partial charge >= 0.3 is 0 Å². The van der Waals surface area contributed by atoms with Gasteiger partial charge in [0, 0.05) is 16.5 Å². The first-order valence-corrected chi connectivity index (χ1v) is 15.9. The van der Waals surface area contributed by atoms with Crippen molar-refractivity contribution in [2.75, 3.05) is 0 Å². The largest absolute Gasteiger partial charge is 0.309 e. The topological polar surface area (TPSA) is 4.93 Å². The van der Waals surface area contributed by atoms with E-state index in [0.29, 0.717) is 0 Å². The van der Waals surface area contributed by atoms with Crippen LogP contribution in [0.25, 0.3) is 55.3 Å². The number of hydrogen-bond acceptors (Lipinski definition) is 0. The summed E-state index contributed by atoms with van der Waals surface area (Å²) in [7, 11) is 0. The monoisotopic (exact) mass is 587 g/mol. The second-order valence-electron chi connectivity index (χ2n) is 11.9. The molecule has 0 amide bonds. The molecule has 1 aromatic heterocycles. The zero-order valence-electron chi connectivity index (χ0n) is 26.0. The molecule has 9 rings (SSSR count). The molecule has 1 heteroatoms. The standard InChI is InChI=1S/C43H31N.C2H2/c1-3-13-28(4-2)29-22-24-30(25-23-29)44-41-21-12-8-17-34(41)36-26-40-35(27-42(36)44)33-16-7-11-20-39(33)43(40)37-18-9-5-14-31(37)32-15-6-10-19-38(32)43;1-2/h3-27H,1-2H3;1-2H/b13-3-,28-4+;. The summed E-state index contributed by atoms with van der Waals surface area (Å²) in [6.45, 7) is 4.17. The first kappa shape index (κ1) is 27.7. The van der Waals surface area contributed by atoms with Gasteiger partial charge in [-0.15, -0.1) is 12.8 Å². The molecule has 2 aliphatic rings. The Kier molecular flexibility index (Phi) is 6.41. The number of terminal acetylenes is 1. The van der Waals surface area contributed by atoms with Gasteiger partial charge in [-0.2, -0.15) is 0 Å². The van der Waals surface area contributed by atoms with Crippen molar-refractivity contribution in [3.05, 3.63) is 180 Å². The lowest BCUT2D eigenvalue weighted by Crippen LogP contribution is -2.25. The van der Waals surface area contributed by atoms with Crippen molar-refractivity contribution in [3.8, 4) is 40.8 Å². The number of aromatic nitrogens is 1. The molecule has 0 saturated heterocycles. The molecule has 0 unspecified atom stereocenters. The maximum atomic E-state index is 4.00. The summed E-state index contributed by atoms with van der Waals surface area (Å²) >= 11 is 0. The molecule has 7 aromatic rings. The molecular weight excluding hydrogens is 555 g/mol. The van der Waals surface area contributed by atoms with Crippen LogP contribution in [0.5, 0.6) is 0 Å². The molecule has 0 fully saturated rings. The van der Waals surface area contributed by atoms with Crippen molar-refractivity contribution in [2.24, 2.45) is 0 Å². The minimum atomic E-state index is -0.339. The minimum Gasteiger partial charge on any atom is -0.309 e. The molecule has 0 bridgehead atoms. The smallest absolute Gasteiger partial charge is 0.0725 e. The highest BCUT2D eigenvalue weighted by molar-refractivity contribution is 6.12. The van der Waals surface area contributed by atoms with Crippen LogP contribution in [0.15, 0.2) is 152 Å². The highest BCUT2D eigenvalue weighted by atomic mass is 15.0. The van der Waals surface area contributed by atoms with Crippen LogP contribution in [0, 0.1) is 12.8 Å². The average Bonchev–Trinajstić information content (AvgIpc) is 3.72. The first-order valence-electron chi connectivity index (χ1n) is 15.9. The quantitative estimate of drug-likeness (QED) is 0.143. The van der Waals surface area contributed by atoms with Crippen LogP contribution in [0.1, 0.15) is 41.7 Å². The Morgan fingerprint density at radius 3 is 1.67 bits per heavy atom. The number of rotatable bonds is 3. The number of nitrogens with zero attached hydrogens (tertiary/aromatic N) is 1. The summed E-state index contributed by atoms with van der Waals surface area (Å²) in [4.78, 5) is 0. The van der Waals surface area contributed by atoms with Gasteiger partial charge < -0.3 is 4.57 Å². The third kappa shape index (κ3) is 3.59. The molecule has 0 aliphatic heterocycles. The van der Waals surface area contributed by atoms with Crippen molar-refractivity contribution >= 4 is 27.4 Å². The van der Waals surface area contributed by atoms with Crippen molar-refractivity contribution in [3.63, 3.8) is 0 Å². The molecule has 0 atom stereocenters. The van der Waals surface area contributed by atoms with Crippen molar-refractivity contribution < 1.29 is 0 Å². The summed E-state index contributed by atoms with van der Waals surface area (Å²) in [5.74, 6) is 0. The third-order valence-corrected chi connectivity index (χ3v) is 9.91. The number of allylic oxidation sites excluding steroid dienone is 4. The second-order valence-corrected chi connectivity index (χ2v) is 11.9. The van der Waals surface area contributed by atoms with E-state index in [0.717, 1.165) is 0 Å². The maximum absolute atomic E-state index is 4.00. The van der Waals surface area contributed by atoms with E-state index in [1.54, 1.807) is 0 Å². The SMILES string of the molecule is C#C.C/C=C\C(=C/C)c1ccc(-n2c3ccccc3c3cc4c(cc32)-c2ccccc2C42c3ccccc3-c3ccccc32)cc1. The zero-order valence-corrected chi connectivity index (χ0v) is 26.0. The Balaban J connectivity index is 0.00000153. The van der Waals surface area contributed by atoms with Crippen LogP contribution in [-0.2, 0) is 5.41 Å². The number of para-hydroxylation sites is 1. The van der Waals surface area contributed by atoms with E-state index in [1.807, 2.05) is 0 Å². The van der Waals surface area contributed by atoms with E-state index in [9.17, 15) is 0 Å². The normalized spacial score (nSPS) is 13.8. The molecule has 1 nitrogen and oxygen atoms in total. The van der Waals surface area contributed by atoms with Crippen molar-refractivity contribution in [1.29, 1.82) is 0 Å². The number of hydrogen-bond donors (Lipinski definition) is 0. The van der Waals surface area contributed by atoms with E-state index in [2.05, 4.69) is 183 Å². The lowest BCUT2D eigenvalue weighted by molar-refractivity contribution is 0.795. The molecular formula is C45H33N. The fourth-order valence-corrected chi connectivity index (χ4v) is 8.17. The third-order valence-electron chi connectivity index (χ3n) is 9.91. The molecule has 6 aromatic carbocycles. The van der Waals surface area contributed by atoms with Crippen LogP contribution in [0.3, 0.4) is 0 Å². The van der Waals surface area contributed by atoms with Gasteiger partial charge in [0.1, 0.15) is 0 Å². The van der Waals surface area contributed by atoms with Crippen LogP contribution >= 0.6 is 0 Å². The van der Waals surface area contributed by atoms with Crippen LogP contribution < -0.4 is 0 Å². The lowest BCUT2D eigenvalue weighted by Gasteiger charge is -2.30. The van der Waals surface area contributed by atoms with Crippen LogP contribution in [0.4, 0.5) is 0 Å². The molecule has 1 heterocycles. The molecule has 46 heavy (non-hydrogen) atoms. The molecule has 0 radical (unpaired) electrons. The lowest BCUT2D eigenvalue weighted by atomic mass is 9.70. The summed E-state index contributed by atoms with van der Waals surface area (Å²) in [5, 5.41) is 2.57. The van der Waals surface area contributed by atoms with Gasteiger partial charge in [0.15, 0.2) is 0 Å². The summed E-state index contributed by atoms with van der Waals surface area (Å²) in [5.41, 5.74) is 16.6. The predicted octanol–water partition coefficient (Wildman–Crippen LogP) is 11.4. The van der Waals surface area contributed by atoms with E-state index in [1.165, 1.54) is 83.1 Å². The Bertz CT molecular complexity index is 2350. The van der Waals surface area contributed by atoms with E-state index in [-0.39, 0.29) is 5.41 Å². The Labute approximate surface area is 270 Å². The molecule has 2 aliphatic carbocycles. The summed E-state index contributed by atoms with van der Waals surface area (Å²) < 4.78 is 2.45. The molecule has 1 spiro atoms. The predicted molar refractivity (Wildman–Crippen MR) is 195 cm³/mol. The Morgan fingerprint density at radius 1 is 0.543 bits per heavy atom. The molecule has 218 valence electrons. The van der Waals surface area contributed by atoms with Gasteiger partial charge in [0.2, 0.25) is 0 Å². The molecule has 0 N–H and O–H groups in total. The van der Waals surface area contributed by atoms with Crippen molar-refractivity contribution in [1.82, 2.24) is 4.57 Å². The molecule has 0 saturated carbocycles. The van der Waals surface area contributed by atoms with Gasteiger partial charge in [-0.3, -0.25) is 0 Å². The van der Waals surface area contributed by atoms with E-state index in [4.69, 9.17) is 0 Å². The first-order chi connectivity index (χ1) is 22.8. The average molecular weight is 588 g/mol. The zero-order chi connectivity index (χ0) is 31.4. The fourth-order valence-electron chi connectivity index (χ4n) is 8.17. The summed E-state index contributed by atoms with van der Waals surface area (Å²) in [6.07, 6.45) is 14.4. The van der Waals surface area contributed by atoms with Gasteiger partial charge in [0.25, 0.3) is 0 Å². The highest BCUT2D eigenvalue weighted by Gasteiger charge is 2.51. The van der Waals surface area contributed by atoms with E-state index >= 15 is 0 Å². The van der Waals surface area contributed by atoms with Crippen LogP contribution in [-0.4, -0.2) is 4.57 Å². The van der Waals surface area contributed by atoms with Gasteiger partial charge in [0.05, 0.1) is 16.4 Å². The number of fused-ring (bicyclic) bond motifs is 13. The highest BCUT2D eigenvalue weighted by Crippen LogP contribution is 2.63. The van der Waals surface area contributed by atoms with E-state index < -0.39 is 0 Å². The van der Waals surface area contributed by atoms with Gasteiger partial charge in [-0.05, 0) is 99.8 Å². The van der Waals surface area contributed by atoms with Crippen molar-refractivity contribution in [2.45, 2.75) is 19.3 Å². The Hall–Kier alpha value is -5.84. The second kappa shape index (κ2) is 10.7. The fraction of sp³-hybridized carbons (Fsp3) is 0.0667.